The fourth-order valence-electron chi connectivity index (χ4n) is 2.83. The fourth-order valence-corrected chi connectivity index (χ4v) is 3.96. The zero-order valence-electron chi connectivity index (χ0n) is 12.5. The van der Waals surface area contributed by atoms with Gasteiger partial charge in [-0.2, -0.15) is 0 Å². The normalized spacial score (nSPS) is 17.6. The van der Waals surface area contributed by atoms with Crippen molar-refractivity contribution in [2.24, 2.45) is 0 Å². The highest BCUT2D eigenvalue weighted by Gasteiger charge is 2.35. The number of hydrogen-bond acceptors (Lipinski definition) is 4. The van der Waals surface area contributed by atoms with Crippen molar-refractivity contribution in [3.05, 3.63) is 66.1 Å². The number of phenolic OH excluding ortho intramolecular Hbond substituents is 1. The standard InChI is InChI=1S/C18H13FN2O2S/c19-12-4-2-5-13(9-12)21-16(23)10-24-18(21)14-8-7-11-3-1-6-15(22)17(11)20-14/h1-9,18,22H,10H2. The highest BCUT2D eigenvalue weighted by Crippen LogP contribution is 2.41. The summed E-state index contributed by atoms with van der Waals surface area (Å²) in [7, 11) is 0. The number of anilines is 1. The molecular formula is C18H13FN2O2S. The van der Waals surface area contributed by atoms with Gasteiger partial charge in [0.25, 0.3) is 0 Å². The lowest BCUT2D eigenvalue weighted by Crippen LogP contribution is -2.28. The van der Waals surface area contributed by atoms with Gasteiger partial charge in [0.1, 0.15) is 22.5 Å². The highest BCUT2D eigenvalue weighted by molar-refractivity contribution is 8.00. The molecule has 4 nitrogen and oxygen atoms in total. The number of para-hydroxylation sites is 1. The number of fused-ring (bicyclic) bond motifs is 1. The van der Waals surface area contributed by atoms with Gasteiger partial charge < -0.3 is 5.11 Å². The van der Waals surface area contributed by atoms with Gasteiger partial charge in [0.05, 0.1) is 11.4 Å². The van der Waals surface area contributed by atoms with E-state index in [1.165, 1.54) is 23.9 Å². The minimum Gasteiger partial charge on any atom is -0.506 e. The van der Waals surface area contributed by atoms with Crippen molar-refractivity contribution < 1.29 is 14.3 Å². The first kappa shape index (κ1) is 15.0. The van der Waals surface area contributed by atoms with E-state index >= 15 is 0 Å². The number of amides is 1. The molecule has 24 heavy (non-hydrogen) atoms. The molecular weight excluding hydrogens is 327 g/mol. The van der Waals surface area contributed by atoms with E-state index in [0.29, 0.717) is 22.7 Å². The summed E-state index contributed by atoms with van der Waals surface area (Å²) in [5.74, 6) is -0.0717. The van der Waals surface area contributed by atoms with Crippen LogP contribution >= 0.6 is 11.8 Å². The van der Waals surface area contributed by atoms with E-state index in [-0.39, 0.29) is 22.8 Å². The number of halogens is 1. The summed E-state index contributed by atoms with van der Waals surface area (Å²) in [6.45, 7) is 0. The molecule has 0 radical (unpaired) electrons. The second-order valence-corrected chi connectivity index (χ2v) is 6.56. The van der Waals surface area contributed by atoms with Crippen LogP contribution < -0.4 is 4.90 Å². The molecule has 0 bridgehead atoms. The summed E-state index contributed by atoms with van der Waals surface area (Å²) >= 11 is 1.44. The van der Waals surface area contributed by atoms with Gasteiger partial charge in [-0.25, -0.2) is 9.37 Å². The van der Waals surface area contributed by atoms with Crippen LogP contribution in [-0.2, 0) is 4.79 Å². The second-order valence-electron chi connectivity index (χ2n) is 5.49. The molecule has 3 aromatic rings. The van der Waals surface area contributed by atoms with Crippen LogP contribution in [0.25, 0.3) is 10.9 Å². The number of pyridine rings is 1. The number of thioether (sulfide) groups is 1. The molecule has 0 saturated carbocycles. The number of benzene rings is 2. The van der Waals surface area contributed by atoms with Crippen LogP contribution in [0, 0.1) is 5.82 Å². The smallest absolute Gasteiger partial charge is 0.238 e. The van der Waals surface area contributed by atoms with E-state index in [9.17, 15) is 14.3 Å². The van der Waals surface area contributed by atoms with E-state index < -0.39 is 0 Å². The molecule has 1 unspecified atom stereocenters. The minimum atomic E-state index is -0.389. The first-order chi connectivity index (χ1) is 11.6. The molecule has 1 amide bonds. The van der Waals surface area contributed by atoms with E-state index in [0.717, 1.165) is 5.39 Å². The number of carbonyl (C=O) groups excluding carboxylic acids is 1. The second kappa shape index (κ2) is 5.79. The number of aromatic hydroxyl groups is 1. The zero-order chi connectivity index (χ0) is 16.7. The first-order valence-corrected chi connectivity index (χ1v) is 8.46. The fraction of sp³-hybridized carbons (Fsp3) is 0.111. The molecule has 1 N–H and O–H groups in total. The SMILES string of the molecule is O=C1CSC(c2ccc3cccc(O)c3n2)N1c1cccc(F)c1. The van der Waals surface area contributed by atoms with Crippen molar-refractivity contribution in [3.63, 3.8) is 0 Å². The Morgan fingerprint density at radius 2 is 2.00 bits per heavy atom. The molecule has 0 aliphatic carbocycles. The molecule has 4 rings (SSSR count). The van der Waals surface area contributed by atoms with Gasteiger partial charge in [-0.15, -0.1) is 11.8 Å². The van der Waals surface area contributed by atoms with Crippen LogP contribution in [0.5, 0.6) is 5.75 Å². The number of aromatic nitrogens is 1. The molecule has 2 aromatic carbocycles. The molecule has 1 aliphatic rings. The summed E-state index contributed by atoms with van der Waals surface area (Å²) in [5, 5.41) is 10.5. The van der Waals surface area contributed by atoms with Crippen LogP contribution in [0.2, 0.25) is 0 Å². The Balaban J connectivity index is 1.80. The number of nitrogens with zero attached hydrogens (tertiary/aromatic N) is 2. The maximum absolute atomic E-state index is 13.5. The van der Waals surface area contributed by atoms with Gasteiger partial charge in [0, 0.05) is 11.1 Å². The minimum absolute atomic E-state index is 0.0882. The number of hydrogen-bond donors (Lipinski definition) is 1. The van der Waals surface area contributed by atoms with Crippen molar-refractivity contribution >= 4 is 34.3 Å². The molecule has 120 valence electrons. The number of phenols is 1. The Labute approximate surface area is 141 Å². The van der Waals surface area contributed by atoms with Gasteiger partial charge in [0.2, 0.25) is 5.91 Å². The van der Waals surface area contributed by atoms with Crippen LogP contribution in [0.4, 0.5) is 10.1 Å². The third-order valence-corrected chi connectivity index (χ3v) is 5.11. The summed E-state index contributed by atoms with van der Waals surface area (Å²) in [6.07, 6.45) is 0. The van der Waals surface area contributed by atoms with E-state index in [4.69, 9.17) is 0 Å². The summed E-state index contributed by atoms with van der Waals surface area (Å²) < 4.78 is 13.5. The van der Waals surface area contributed by atoms with E-state index in [2.05, 4.69) is 4.98 Å². The maximum atomic E-state index is 13.5. The lowest BCUT2D eigenvalue weighted by molar-refractivity contribution is -0.115. The van der Waals surface area contributed by atoms with Gasteiger partial charge in [-0.05, 0) is 30.3 Å². The van der Waals surface area contributed by atoms with E-state index in [1.807, 2.05) is 18.2 Å². The van der Waals surface area contributed by atoms with Crippen molar-refractivity contribution in [2.75, 3.05) is 10.7 Å². The Morgan fingerprint density at radius 3 is 2.83 bits per heavy atom. The van der Waals surface area contributed by atoms with Crippen LogP contribution in [0.15, 0.2) is 54.6 Å². The average molecular weight is 340 g/mol. The molecule has 0 spiro atoms. The van der Waals surface area contributed by atoms with E-state index in [1.54, 1.807) is 29.2 Å². The van der Waals surface area contributed by atoms with Gasteiger partial charge in [-0.1, -0.05) is 24.3 Å². The Bertz CT molecular complexity index is 947. The predicted octanol–water partition coefficient (Wildman–Crippen LogP) is 3.86. The molecule has 1 atom stereocenters. The number of carbonyl (C=O) groups is 1. The molecule has 1 aliphatic heterocycles. The van der Waals surface area contributed by atoms with Crippen LogP contribution in [0.1, 0.15) is 11.1 Å². The highest BCUT2D eigenvalue weighted by atomic mass is 32.2. The van der Waals surface area contributed by atoms with Gasteiger partial charge >= 0.3 is 0 Å². The molecule has 1 fully saturated rings. The maximum Gasteiger partial charge on any atom is 0.238 e. The molecule has 6 heteroatoms. The molecule has 1 saturated heterocycles. The van der Waals surface area contributed by atoms with Crippen molar-refractivity contribution in [1.29, 1.82) is 0 Å². The third kappa shape index (κ3) is 2.49. The lowest BCUT2D eigenvalue weighted by atomic mass is 10.1. The largest absolute Gasteiger partial charge is 0.506 e. The molecule has 1 aromatic heterocycles. The Hall–Kier alpha value is -2.60. The predicted molar refractivity (Wildman–Crippen MR) is 92.5 cm³/mol. The molecule has 2 heterocycles. The van der Waals surface area contributed by atoms with Crippen LogP contribution in [0.3, 0.4) is 0 Å². The van der Waals surface area contributed by atoms with Crippen molar-refractivity contribution in [1.82, 2.24) is 4.98 Å². The average Bonchev–Trinajstić information content (AvgIpc) is 2.97. The van der Waals surface area contributed by atoms with Crippen molar-refractivity contribution in [2.45, 2.75) is 5.37 Å². The summed E-state index contributed by atoms with van der Waals surface area (Å²) in [5.41, 5.74) is 1.66. The summed E-state index contributed by atoms with van der Waals surface area (Å²) in [4.78, 5) is 18.4. The number of rotatable bonds is 2. The third-order valence-electron chi connectivity index (χ3n) is 3.93. The quantitative estimate of drug-likeness (QED) is 0.770. The first-order valence-electron chi connectivity index (χ1n) is 7.41. The monoisotopic (exact) mass is 340 g/mol. The Kier molecular flexibility index (Phi) is 3.61. The lowest BCUT2D eigenvalue weighted by Gasteiger charge is -2.23. The van der Waals surface area contributed by atoms with Gasteiger partial charge in [-0.3, -0.25) is 9.69 Å². The summed E-state index contributed by atoms with van der Waals surface area (Å²) in [6, 6.07) is 14.9. The topological polar surface area (TPSA) is 53.4 Å². The van der Waals surface area contributed by atoms with Gasteiger partial charge in [0.15, 0.2) is 0 Å². The Morgan fingerprint density at radius 1 is 1.17 bits per heavy atom. The van der Waals surface area contributed by atoms with Crippen LogP contribution in [-0.4, -0.2) is 21.8 Å². The van der Waals surface area contributed by atoms with Crippen molar-refractivity contribution in [3.8, 4) is 5.75 Å². The zero-order valence-corrected chi connectivity index (χ0v) is 13.3.